The zero-order valence-corrected chi connectivity index (χ0v) is 15.1. The molecule has 0 aliphatic rings. The van der Waals surface area contributed by atoms with Crippen LogP contribution in [0.1, 0.15) is 20.8 Å². The minimum absolute atomic E-state index is 0.00385. The third kappa shape index (κ3) is 4.24. The lowest BCUT2D eigenvalue weighted by atomic mass is 9.90. The van der Waals surface area contributed by atoms with Gasteiger partial charge in [0, 0.05) is 5.02 Å². The summed E-state index contributed by atoms with van der Waals surface area (Å²) in [7, 11) is 0. The fourth-order valence-corrected chi connectivity index (χ4v) is 2.59. The van der Waals surface area contributed by atoms with Gasteiger partial charge in [-0.05, 0) is 47.5 Å². The van der Waals surface area contributed by atoms with Crippen LogP contribution in [0.2, 0.25) is 5.02 Å². The molecule has 1 amide bonds. The summed E-state index contributed by atoms with van der Waals surface area (Å²) in [6, 6.07) is 9.19. The highest BCUT2D eigenvalue weighted by Crippen LogP contribution is 2.20. The lowest BCUT2D eigenvalue weighted by Gasteiger charge is -2.27. The smallest absolute Gasteiger partial charge is 0.231 e. The molecule has 7 nitrogen and oxygen atoms in total. The van der Waals surface area contributed by atoms with Crippen molar-refractivity contribution < 1.29 is 4.79 Å². The molecule has 0 aliphatic carbocycles. The second-order valence-corrected chi connectivity index (χ2v) is 7.03. The summed E-state index contributed by atoms with van der Waals surface area (Å²) in [5.41, 5.74) is -0.156. The van der Waals surface area contributed by atoms with E-state index in [1.165, 1.54) is 16.4 Å². The summed E-state index contributed by atoms with van der Waals surface area (Å²) >= 11 is 7.07. The van der Waals surface area contributed by atoms with Crippen LogP contribution in [0.4, 0.5) is 0 Å². The van der Waals surface area contributed by atoms with E-state index in [-0.39, 0.29) is 17.6 Å². The highest BCUT2D eigenvalue weighted by atomic mass is 35.5. The second-order valence-electron chi connectivity index (χ2n) is 5.66. The molecule has 1 aromatic carbocycles. The van der Waals surface area contributed by atoms with Gasteiger partial charge in [0.2, 0.25) is 11.1 Å². The minimum Gasteiger partial charge on any atom is -0.337 e. The standard InChI is InChI=1S/C15H17ClN6OS/c1-10(2)15(3,9-17)18-13(23)8-24-14-19-20-21-22(14)12-6-4-11(16)5-7-12/h4-7,10H,8H2,1-3H3,(H,18,23)/t15-/m1/s1. The molecule has 126 valence electrons. The van der Waals surface area contributed by atoms with Gasteiger partial charge < -0.3 is 5.32 Å². The second kappa shape index (κ2) is 7.64. The molecule has 0 radical (unpaired) electrons. The van der Waals surface area contributed by atoms with E-state index in [2.05, 4.69) is 26.9 Å². The maximum atomic E-state index is 12.1. The Morgan fingerprint density at radius 2 is 2.12 bits per heavy atom. The maximum Gasteiger partial charge on any atom is 0.231 e. The number of nitrogens with zero attached hydrogens (tertiary/aromatic N) is 5. The number of halogens is 1. The zero-order chi connectivity index (χ0) is 17.7. The van der Waals surface area contributed by atoms with E-state index < -0.39 is 5.54 Å². The summed E-state index contributed by atoms with van der Waals surface area (Å²) < 4.78 is 1.53. The molecule has 9 heteroatoms. The van der Waals surface area contributed by atoms with Crippen molar-refractivity contribution in [2.75, 3.05) is 5.75 Å². The first-order chi connectivity index (χ1) is 11.4. The van der Waals surface area contributed by atoms with Crippen molar-refractivity contribution in [1.82, 2.24) is 25.5 Å². The molecule has 0 spiro atoms. The van der Waals surface area contributed by atoms with Crippen molar-refractivity contribution in [1.29, 1.82) is 5.26 Å². The monoisotopic (exact) mass is 364 g/mol. The highest BCUT2D eigenvalue weighted by molar-refractivity contribution is 7.99. The van der Waals surface area contributed by atoms with Crippen LogP contribution in [-0.2, 0) is 4.79 Å². The number of amides is 1. The lowest BCUT2D eigenvalue weighted by Crippen LogP contribution is -2.49. The van der Waals surface area contributed by atoms with Crippen LogP contribution in [0, 0.1) is 17.2 Å². The van der Waals surface area contributed by atoms with Crippen LogP contribution in [0.3, 0.4) is 0 Å². The quantitative estimate of drug-likeness (QED) is 0.791. The average Bonchev–Trinajstić information content (AvgIpc) is 3.02. The summed E-state index contributed by atoms with van der Waals surface area (Å²) in [4.78, 5) is 12.1. The number of carbonyl (C=O) groups is 1. The number of tetrazole rings is 1. The van der Waals surface area contributed by atoms with Gasteiger partial charge >= 0.3 is 0 Å². The zero-order valence-electron chi connectivity index (χ0n) is 13.5. The normalized spacial score (nSPS) is 13.3. The first-order valence-electron chi connectivity index (χ1n) is 7.25. The van der Waals surface area contributed by atoms with Crippen molar-refractivity contribution in [2.24, 2.45) is 5.92 Å². The third-order valence-electron chi connectivity index (χ3n) is 3.63. The molecule has 0 aliphatic heterocycles. The molecule has 0 unspecified atom stereocenters. The Labute approximate surface area is 149 Å². The molecular formula is C15H17ClN6OS. The minimum atomic E-state index is -0.903. The Morgan fingerprint density at radius 3 is 2.71 bits per heavy atom. The van der Waals surface area contributed by atoms with Crippen LogP contribution >= 0.6 is 23.4 Å². The van der Waals surface area contributed by atoms with Gasteiger partial charge in [-0.25, -0.2) is 0 Å². The molecule has 2 rings (SSSR count). The molecule has 24 heavy (non-hydrogen) atoms. The van der Waals surface area contributed by atoms with Crippen molar-refractivity contribution >= 4 is 29.3 Å². The predicted octanol–water partition coefficient (Wildman–Crippen LogP) is 2.46. The molecular weight excluding hydrogens is 348 g/mol. The third-order valence-corrected chi connectivity index (χ3v) is 4.80. The van der Waals surface area contributed by atoms with E-state index in [9.17, 15) is 10.1 Å². The van der Waals surface area contributed by atoms with Crippen LogP contribution in [-0.4, -0.2) is 37.4 Å². The van der Waals surface area contributed by atoms with Gasteiger partial charge in [0.25, 0.3) is 0 Å². The number of nitriles is 1. The number of nitrogens with one attached hydrogen (secondary N) is 1. The molecule has 1 aromatic heterocycles. The van der Waals surface area contributed by atoms with E-state index in [1.54, 1.807) is 31.2 Å². The summed E-state index contributed by atoms with van der Waals surface area (Å²) in [5.74, 6) is -0.142. The molecule has 0 saturated heterocycles. The molecule has 1 atom stereocenters. The van der Waals surface area contributed by atoms with Crippen molar-refractivity contribution in [3.8, 4) is 11.8 Å². The summed E-state index contributed by atoms with van der Waals surface area (Å²) in [5, 5.41) is 24.6. The maximum absolute atomic E-state index is 12.1. The number of benzene rings is 1. The van der Waals surface area contributed by atoms with E-state index in [1.807, 2.05) is 13.8 Å². The Hall–Kier alpha value is -2.11. The molecule has 2 aromatic rings. The van der Waals surface area contributed by atoms with E-state index >= 15 is 0 Å². The molecule has 0 fully saturated rings. The van der Waals surface area contributed by atoms with Crippen molar-refractivity contribution in [3.63, 3.8) is 0 Å². The average molecular weight is 365 g/mol. The van der Waals surface area contributed by atoms with Gasteiger partial charge in [-0.1, -0.05) is 37.2 Å². The summed E-state index contributed by atoms with van der Waals surface area (Å²) in [6.07, 6.45) is 0. The number of thioether (sulfide) groups is 1. The topological polar surface area (TPSA) is 96.5 Å². The van der Waals surface area contributed by atoms with Gasteiger partial charge in [0.15, 0.2) is 0 Å². The Kier molecular flexibility index (Phi) is 5.80. The first-order valence-corrected chi connectivity index (χ1v) is 8.61. The lowest BCUT2D eigenvalue weighted by molar-refractivity contribution is -0.120. The molecule has 0 bridgehead atoms. The van der Waals surface area contributed by atoms with E-state index in [0.717, 1.165) is 5.69 Å². The Balaban J connectivity index is 2.03. The largest absolute Gasteiger partial charge is 0.337 e. The van der Waals surface area contributed by atoms with Crippen LogP contribution in [0.15, 0.2) is 29.4 Å². The number of rotatable bonds is 6. The van der Waals surface area contributed by atoms with Gasteiger partial charge in [0.05, 0.1) is 17.5 Å². The Morgan fingerprint density at radius 1 is 1.46 bits per heavy atom. The summed E-state index contributed by atoms with van der Waals surface area (Å²) in [6.45, 7) is 5.48. The fourth-order valence-electron chi connectivity index (χ4n) is 1.77. The van der Waals surface area contributed by atoms with E-state index in [4.69, 9.17) is 11.6 Å². The SMILES string of the molecule is CC(C)[C@@](C)(C#N)NC(=O)CSc1nnnn1-c1ccc(Cl)cc1. The predicted molar refractivity (Wildman–Crippen MR) is 91.9 cm³/mol. The van der Waals surface area contributed by atoms with E-state index in [0.29, 0.717) is 10.2 Å². The highest BCUT2D eigenvalue weighted by Gasteiger charge is 2.30. The van der Waals surface area contributed by atoms with Crippen molar-refractivity contribution in [2.45, 2.75) is 31.5 Å². The van der Waals surface area contributed by atoms with Gasteiger partial charge in [-0.15, -0.1) is 5.10 Å². The van der Waals surface area contributed by atoms with Gasteiger partial charge in [0.1, 0.15) is 5.54 Å². The van der Waals surface area contributed by atoms with Crippen molar-refractivity contribution in [3.05, 3.63) is 29.3 Å². The molecule has 1 heterocycles. The number of hydrogen-bond acceptors (Lipinski definition) is 6. The van der Waals surface area contributed by atoms with Gasteiger partial charge in [-0.3, -0.25) is 4.79 Å². The molecule has 0 saturated carbocycles. The molecule has 1 N–H and O–H groups in total. The number of aromatic nitrogens is 4. The number of carbonyl (C=O) groups excluding carboxylic acids is 1. The fraction of sp³-hybridized carbons (Fsp3) is 0.400. The Bertz CT molecular complexity index is 754. The van der Waals surface area contributed by atoms with Crippen LogP contribution < -0.4 is 5.32 Å². The van der Waals surface area contributed by atoms with Crippen LogP contribution in [0.5, 0.6) is 0 Å². The number of hydrogen-bond donors (Lipinski definition) is 1. The van der Waals surface area contributed by atoms with Gasteiger partial charge in [-0.2, -0.15) is 9.94 Å². The van der Waals surface area contributed by atoms with Crippen LogP contribution in [0.25, 0.3) is 5.69 Å². The first kappa shape index (κ1) is 18.2.